The van der Waals surface area contributed by atoms with Crippen molar-refractivity contribution in [3.63, 3.8) is 0 Å². The van der Waals surface area contributed by atoms with Crippen LogP contribution < -0.4 is 16.0 Å². The van der Waals surface area contributed by atoms with Gasteiger partial charge >= 0.3 is 0 Å². The summed E-state index contributed by atoms with van der Waals surface area (Å²) in [4.78, 5) is 30.4. The van der Waals surface area contributed by atoms with Crippen LogP contribution in [0.5, 0.6) is 0 Å². The van der Waals surface area contributed by atoms with E-state index >= 15 is 0 Å². The van der Waals surface area contributed by atoms with Crippen molar-refractivity contribution >= 4 is 29.1 Å². The van der Waals surface area contributed by atoms with Crippen LogP contribution in [0.4, 0.5) is 5.69 Å². The lowest BCUT2D eigenvalue weighted by Gasteiger charge is -2.48. The fraction of sp³-hybridized carbons (Fsp3) is 0.750. The van der Waals surface area contributed by atoms with Crippen LogP contribution in [-0.2, 0) is 9.59 Å². The zero-order valence-electron chi connectivity index (χ0n) is 26.0. The van der Waals surface area contributed by atoms with Crippen LogP contribution >= 0.6 is 11.6 Å². The highest BCUT2D eigenvalue weighted by Crippen LogP contribution is 2.36. The zero-order valence-corrected chi connectivity index (χ0v) is 26.8. The Balaban J connectivity index is 1.60. The van der Waals surface area contributed by atoms with Crippen molar-refractivity contribution in [3.05, 3.63) is 29.3 Å². The maximum absolute atomic E-state index is 13.5. The van der Waals surface area contributed by atoms with Crippen LogP contribution in [0.15, 0.2) is 24.3 Å². The molecule has 2 amide bonds. The topological polar surface area (TPSA) is 119 Å². The molecule has 0 aromatic heterocycles. The van der Waals surface area contributed by atoms with E-state index in [0.29, 0.717) is 41.6 Å². The summed E-state index contributed by atoms with van der Waals surface area (Å²) in [5, 5.41) is 24.9. The standard InChI is InChI=1S/C32H53ClN4O4/c1-19(2)24(31(41)35-30-20(3)12-23(13-21(30)4)14-22(5)38)15-28(39)26(34)16-36-17-29(40)37(18-32(36,6)7)27-11-9-8-10-25(27)33/h8-11,19-24,26,28,30,38-39H,12-18,34H2,1-7H3,(H,35,41)/t20?,21?,22?,23?,24-,26-,28-,30?/m0/s1. The number of benzene rings is 1. The van der Waals surface area contributed by atoms with Crippen LogP contribution in [0.2, 0.25) is 5.02 Å². The van der Waals surface area contributed by atoms with E-state index in [9.17, 15) is 19.8 Å². The molecule has 1 aromatic carbocycles. The normalized spacial score (nSPS) is 28.3. The minimum atomic E-state index is -0.891. The summed E-state index contributed by atoms with van der Waals surface area (Å²) in [6.07, 6.45) is 1.83. The summed E-state index contributed by atoms with van der Waals surface area (Å²) in [5.74, 6) is 0.657. The number of nitrogens with two attached hydrogens (primary N) is 1. The molecule has 1 aliphatic carbocycles. The molecule has 1 aromatic rings. The number of halogens is 1. The fourth-order valence-electron chi connectivity index (χ4n) is 6.97. The highest BCUT2D eigenvalue weighted by atomic mass is 35.5. The van der Waals surface area contributed by atoms with E-state index in [0.717, 1.165) is 19.3 Å². The van der Waals surface area contributed by atoms with Crippen LogP contribution in [0.25, 0.3) is 0 Å². The number of piperazine rings is 1. The van der Waals surface area contributed by atoms with E-state index in [1.165, 1.54) is 0 Å². The molecule has 3 unspecified atom stereocenters. The average Bonchev–Trinajstić information content (AvgIpc) is 2.86. The van der Waals surface area contributed by atoms with Crippen LogP contribution in [0.3, 0.4) is 0 Å². The summed E-state index contributed by atoms with van der Waals surface area (Å²) in [6, 6.07) is 6.79. The van der Waals surface area contributed by atoms with Gasteiger partial charge in [-0.2, -0.15) is 0 Å². The summed E-state index contributed by atoms with van der Waals surface area (Å²) >= 11 is 6.38. The molecule has 0 bridgehead atoms. The highest BCUT2D eigenvalue weighted by Gasteiger charge is 2.41. The maximum Gasteiger partial charge on any atom is 0.241 e. The van der Waals surface area contributed by atoms with Crippen molar-refractivity contribution in [3.8, 4) is 0 Å². The summed E-state index contributed by atoms with van der Waals surface area (Å²) < 4.78 is 0. The Hall–Kier alpha value is -1.71. The van der Waals surface area contributed by atoms with Gasteiger partial charge in [0.15, 0.2) is 0 Å². The molecular formula is C32H53ClN4O4. The lowest BCUT2D eigenvalue weighted by Crippen LogP contribution is -2.64. The van der Waals surface area contributed by atoms with Gasteiger partial charge in [0.05, 0.1) is 29.5 Å². The number of aliphatic hydroxyl groups excluding tert-OH is 2. The van der Waals surface area contributed by atoms with Gasteiger partial charge in [-0.15, -0.1) is 0 Å². The number of rotatable bonds is 11. The molecule has 41 heavy (non-hydrogen) atoms. The lowest BCUT2D eigenvalue weighted by molar-refractivity contribution is -0.129. The third kappa shape index (κ3) is 8.66. The Kier molecular flexibility index (Phi) is 11.7. The van der Waals surface area contributed by atoms with E-state index in [1.807, 2.05) is 43.9 Å². The van der Waals surface area contributed by atoms with Crippen molar-refractivity contribution in [2.24, 2.45) is 35.3 Å². The van der Waals surface area contributed by atoms with Gasteiger partial charge in [-0.05, 0) is 82.3 Å². The molecule has 2 fully saturated rings. The number of carbonyl (C=O) groups excluding carboxylic acids is 2. The molecule has 2 aliphatic rings. The molecule has 8 nitrogen and oxygen atoms in total. The van der Waals surface area contributed by atoms with Crippen LogP contribution in [-0.4, -0.2) is 76.4 Å². The minimum Gasteiger partial charge on any atom is -0.393 e. The van der Waals surface area contributed by atoms with E-state index in [2.05, 4.69) is 33.0 Å². The van der Waals surface area contributed by atoms with Gasteiger partial charge in [0, 0.05) is 36.6 Å². The SMILES string of the molecule is CC(O)CC1CC(C)C(NC(=O)[C@@H](C[C@H](O)[C@@H](N)CN2CC(=O)N(c3ccccc3Cl)CC2(C)C)C(C)C)C(C)C1. The number of nitrogens with zero attached hydrogens (tertiary/aromatic N) is 2. The number of aliphatic hydroxyl groups is 2. The predicted molar refractivity (Wildman–Crippen MR) is 166 cm³/mol. The van der Waals surface area contributed by atoms with Gasteiger partial charge in [0.2, 0.25) is 11.8 Å². The first-order valence-electron chi connectivity index (χ1n) is 15.3. The highest BCUT2D eigenvalue weighted by molar-refractivity contribution is 6.33. The monoisotopic (exact) mass is 592 g/mol. The first-order valence-corrected chi connectivity index (χ1v) is 15.7. The number of hydrogen-bond acceptors (Lipinski definition) is 6. The van der Waals surface area contributed by atoms with E-state index in [1.54, 1.807) is 11.0 Å². The molecule has 1 heterocycles. The Morgan fingerprint density at radius 1 is 1.15 bits per heavy atom. The number of carbonyl (C=O) groups is 2. The quantitative estimate of drug-likeness (QED) is 0.308. The van der Waals surface area contributed by atoms with Gasteiger partial charge in [-0.1, -0.05) is 51.4 Å². The summed E-state index contributed by atoms with van der Waals surface area (Å²) in [5.41, 5.74) is 6.83. The molecule has 1 saturated heterocycles. The first-order chi connectivity index (χ1) is 19.1. The molecule has 0 spiro atoms. The Morgan fingerprint density at radius 2 is 1.76 bits per heavy atom. The molecule has 232 valence electrons. The third-order valence-corrected chi connectivity index (χ3v) is 9.67. The molecular weight excluding hydrogens is 540 g/mol. The van der Waals surface area contributed by atoms with Crippen LogP contribution in [0.1, 0.15) is 74.1 Å². The molecule has 0 radical (unpaired) electrons. The average molecular weight is 593 g/mol. The number of para-hydroxylation sites is 1. The van der Waals surface area contributed by atoms with Crippen molar-refractivity contribution in [1.29, 1.82) is 0 Å². The van der Waals surface area contributed by atoms with E-state index < -0.39 is 17.7 Å². The predicted octanol–water partition coefficient (Wildman–Crippen LogP) is 4.06. The van der Waals surface area contributed by atoms with Crippen molar-refractivity contribution in [2.75, 3.05) is 24.5 Å². The smallest absolute Gasteiger partial charge is 0.241 e. The van der Waals surface area contributed by atoms with Gasteiger partial charge in [-0.25, -0.2) is 0 Å². The largest absolute Gasteiger partial charge is 0.393 e. The first kappa shape index (κ1) is 33.8. The molecule has 3 rings (SSSR count). The maximum atomic E-state index is 13.5. The van der Waals surface area contributed by atoms with Gasteiger partial charge < -0.3 is 26.2 Å². The third-order valence-electron chi connectivity index (χ3n) is 9.35. The van der Waals surface area contributed by atoms with E-state index in [4.69, 9.17) is 17.3 Å². The second-order valence-corrected chi connectivity index (χ2v) is 14.3. The lowest BCUT2D eigenvalue weighted by atomic mass is 9.71. The van der Waals surface area contributed by atoms with Crippen molar-refractivity contribution in [1.82, 2.24) is 10.2 Å². The number of amides is 2. The molecule has 5 N–H and O–H groups in total. The van der Waals surface area contributed by atoms with Crippen molar-refractivity contribution in [2.45, 2.75) is 104 Å². The number of hydrogen-bond donors (Lipinski definition) is 4. The minimum absolute atomic E-state index is 0.0335. The second kappa shape index (κ2) is 14.2. The summed E-state index contributed by atoms with van der Waals surface area (Å²) in [7, 11) is 0. The van der Waals surface area contributed by atoms with Crippen LogP contribution in [0, 0.1) is 29.6 Å². The van der Waals surface area contributed by atoms with Gasteiger partial charge in [0.25, 0.3) is 0 Å². The molecule has 1 aliphatic heterocycles. The second-order valence-electron chi connectivity index (χ2n) is 13.9. The molecule has 6 atom stereocenters. The zero-order chi connectivity index (χ0) is 30.6. The van der Waals surface area contributed by atoms with Gasteiger partial charge in [0.1, 0.15) is 0 Å². The Labute approximate surface area is 252 Å². The van der Waals surface area contributed by atoms with Crippen molar-refractivity contribution < 1.29 is 19.8 Å². The van der Waals surface area contributed by atoms with Gasteiger partial charge in [-0.3, -0.25) is 14.5 Å². The molecule has 1 saturated carbocycles. The fourth-order valence-corrected chi connectivity index (χ4v) is 7.20. The summed E-state index contributed by atoms with van der Waals surface area (Å²) in [6.45, 7) is 15.3. The Morgan fingerprint density at radius 3 is 2.32 bits per heavy atom. The Bertz CT molecular complexity index is 1020. The van der Waals surface area contributed by atoms with E-state index in [-0.39, 0.29) is 48.8 Å². The molecule has 9 heteroatoms. The number of anilines is 1. The number of nitrogens with one attached hydrogen (secondary N) is 1.